The van der Waals surface area contributed by atoms with Gasteiger partial charge in [0.2, 0.25) is 5.91 Å². The van der Waals surface area contributed by atoms with Crippen LogP contribution in [0.3, 0.4) is 0 Å². The van der Waals surface area contributed by atoms with Gasteiger partial charge in [0.1, 0.15) is 18.0 Å². The standard InChI is InChI=1S/C26H28N2O9S/c1-33-17-11-12-22(34-2)21(13-17)28(38(31,32)18-9-7-6-8-10-18)16-25(29)27-20-15-24(36-4)23(35-3)14-19(20)26(30)37-5/h6-15H,16H2,1-5H3,(H,27,29). The van der Waals surface area contributed by atoms with Gasteiger partial charge in [0.15, 0.2) is 11.5 Å². The largest absolute Gasteiger partial charge is 0.497 e. The number of nitrogens with one attached hydrogen (secondary N) is 1. The third kappa shape index (κ3) is 5.92. The average molecular weight is 545 g/mol. The molecule has 0 aliphatic carbocycles. The molecule has 202 valence electrons. The van der Waals surface area contributed by atoms with Crippen molar-refractivity contribution in [1.29, 1.82) is 0 Å². The summed E-state index contributed by atoms with van der Waals surface area (Å²) >= 11 is 0. The molecule has 3 aromatic rings. The van der Waals surface area contributed by atoms with E-state index in [1.54, 1.807) is 24.3 Å². The molecule has 0 aromatic heterocycles. The molecule has 3 rings (SSSR count). The number of anilines is 2. The molecule has 38 heavy (non-hydrogen) atoms. The predicted octanol–water partition coefficient (Wildman–Crippen LogP) is 3.34. The number of ether oxygens (including phenoxy) is 5. The molecule has 0 heterocycles. The van der Waals surface area contributed by atoms with Crippen molar-refractivity contribution in [2.75, 3.05) is 51.7 Å². The predicted molar refractivity (Wildman–Crippen MR) is 140 cm³/mol. The van der Waals surface area contributed by atoms with Gasteiger partial charge in [-0.3, -0.25) is 9.10 Å². The summed E-state index contributed by atoms with van der Waals surface area (Å²) in [5, 5.41) is 2.59. The van der Waals surface area contributed by atoms with Gasteiger partial charge < -0.3 is 29.0 Å². The maximum Gasteiger partial charge on any atom is 0.340 e. The van der Waals surface area contributed by atoms with Crippen LogP contribution in [0.1, 0.15) is 10.4 Å². The van der Waals surface area contributed by atoms with Gasteiger partial charge in [0, 0.05) is 18.2 Å². The van der Waals surface area contributed by atoms with E-state index in [2.05, 4.69) is 5.32 Å². The summed E-state index contributed by atoms with van der Waals surface area (Å²) in [6.45, 7) is -0.671. The van der Waals surface area contributed by atoms with Crippen molar-refractivity contribution in [2.24, 2.45) is 0 Å². The molecular formula is C26H28N2O9S. The van der Waals surface area contributed by atoms with Crippen LogP contribution in [-0.2, 0) is 19.6 Å². The quantitative estimate of drug-likeness (QED) is 0.361. The Bertz CT molecular complexity index is 1410. The van der Waals surface area contributed by atoms with E-state index in [9.17, 15) is 18.0 Å². The first-order chi connectivity index (χ1) is 18.2. The number of hydrogen-bond acceptors (Lipinski definition) is 9. The highest BCUT2D eigenvalue weighted by Crippen LogP contribution is 2.37. The van der Waals surface area contributed by atoms with Crippen molar-refractivity contribution in [3.8, 4) is 23.0 Å². The summed E-state index contributed by atoms with van der Waals surface area (Å²) in [5.41, 5.74) is 0.0930. The molecule has 12 heteroatoms. The Balaban J connectivity index is 2.09. The summed E-state index contributed by atoms with van der Waals surface area (Å²) < 4.78 is 54.4. The smallest absolute Gasteiger partial charge is 0.340 e. The Morgan fingerprint density at radius 1 is 0.789 bits per heavy atom. The molecule has 0 fully saturated rings. The minimum Gasteiger partial charge on any atom is -0.497 e. The van der Waals surface area contributed by atoms with Crippen LogP contribution >= 0.6 is 0 Å². The van der Waals surface area contributed by atoms with Crippen LogP contribution < -0.4 is 28.6 Å². The monoisotopic (exact) mass is 544 g/mol. The highest BCUT2D eigenvalue weighted by molar-refractivity contribution is 7.92. The fourth-order valence-electron chi connectivity index (χ4n) is 3.59. The molecule has 0 saturated heterocycles. The topological polar surface area (TPSA) is 130 Å². The summed E-state index contributed by atoms with van der Waals surface area (Å²) in [5.74, 6) is -0.489. The minimum absolute atomic E-state index is 0.0186. The first kappa shape index (κ1) is 28.1. The second-order valence-electron chi connectivity index (χ2n) is 7.66. The van der Waals surface area contributed by atoms with E-state index < -0.39 is 28.4 Å². The van der Waals surface area contributed by atoms with Crippen molar-refractivity contribution in [3.05, 3.63) is 66.2 Å². The summed E-state index contributed by atoms with van der Waals surface area (Å²) in [4.78, 5) is 25.7. The number of rotatable bonds is 11. The first-order valence-corrected chi connectivity index (χ1v) is 12.6. The van der Waals surface area contributed by atoms with Crippen molar-refractivity contribution in [3.63, 3.8) is 0 Å². The maximum absolute atomic E-state index is 13.7. The molecule has 0 saturated carbocycles. The lowest BCUT2D eigenvalue weighted by molar-refractivity contribution is -0.114. The molecule has 11 nitrogen and oxygen atoms in total. The van der Waals surface area contributed by atoms with Gasteiger partial charge in [-0.05, 0) is 24.3 Å². The van der Waals surface area contributed by atoms with Crippen LogP contribution in [0.5, 0.6) is 23.0 Å². The van der Waals surface area contributed by atoms with Crippen molar-refractivity contribution >= 4 is 33.3 Å². The van der Waals surface area contributed by atoms with Crippen LogP contribution in [-0.4, -0.2) is 62.4 Å². The highest BCUT2D eigenvalue weighted by atomic mass is 32.2. The van der Waals surface area contributed by atoms with E-state index >= 15 is 0 Å². The van der Waals surface area contributed by atoms with Gasteiger partial charge in [-0.25, -0.2) is 13.2 Å². The lowest BCUT2D eigenvalue weighted by Gasteiger charge is -2.26. The van der Waals surface area contributed by atoms with E-state index in [4.69, 9.17) is 23.7 Å². The van der Waals surface area contributed by atoms with Gasteiger partial charge in [0.25, 0.3) is 10.0 Å². The van der Waals surface area contributed by atoms with Crippen molar-refractivity contribution < 1.29 is 41.7 Å². The number of carbonyl (C=O) groups is 2. The lowest BCUT2D eigenvalue weighted by atomic mass is 10.1. The summed E-state index contributed by atoms with van der Waals surface area (Å²) in [7, 11) is 2.53. The first-order valence-electron chi connectivity index (χ1n) is 11.1. The third-order valence-corrected chi connectivity index (χ3v) is 7.25. The minimum atomic E-state index is -4.25. The average Bonchev–Trinajstić information content (AvgIpc) is 2.95. The molecule has 0 bridgehead atoms. The molecule has 0 aliphatic heterocycles. The second-order valence-corrected chi connectivity index (χ2v) is 9.52. The van der Waals surface area contributed by atoms with E-state index in [-0.39, 0.29) is 39.1 Å². The van der Waals surface area contributed by atoms with Gasteiger partial charge in [-0.2, -0.15) is 0 Å². The Kier molecular flexibility index (Phi) is 9.02. The van der Waals surface area contributed by atoms with E-state index in [1.807, 2.05) is 0 Å². The van der Waals surface area contributed by atoms with Crippen LogP contribution in [0.15, 0.2) is 65.6 Å². The number of carbonyl (C=O) groups excluding carboxylic acids is 2. The van der Waals surface area contributed by atoms with Gasteiger partial charge >= 0.3 is 5.97 Å². The molecule has 1 amide bonds. The van der Waals surface area contributed by atoms with Crippen molar-refractivity contribution in [2.45, 2.75) is 4.90 Å². The van der Waals surface area contributed by atoms with Crippen LogP contribution in [0.4, 0.5) is 11.4 Å². The van der Waals surface area contributed by atoms with E-state index in [0.29, 0.717) is 5.75 Å². The van der Waals surface area contributed by atoms with Gasteiger partial charge in [-0.15, -0.1) is 0 Å². The van der Waals surface area contributed by atoms with Crippen molar-refractivity contribution in [1.82, 2.24) is 0 Å². The number of amides is 1. The highest BCUT2D eigenvalue weighted by Gasteiger charge is 2.30. The number of methoxy groups -OCH3 is 5. The molecular weight excluding hydrogens is 516 g/mol. The van der Waals surface area contributed by atoms with E-state index in [0.717, 1.165) is 4.31 Å². The fourth-order valence-corrected chi connectivity index (χ4v) is 5.04. The lowest BCUT2D eigenvalue weighted by Crippen LogP contribution is -2.38. The van der Waals surface area contributed by atoms with E-state index in [1.165, 1.54) is 71.9 Å². The molecule has 3 aromatic carbocycles. The second kappa shape index (κ2) is 12.2. The zero-order chi connectivity index (χ0) is 27.9. The number of esters is 1. The molecule has 1 N–H and O–H groups in total. The Labute approximate surface area is 220 Å². The number of benzene rings is 3. The number of sulfonamides is 1. The molecule has 0 aliphatic rings. The van der Waals surface area contributed by atoms with Crippen LogP contribution in [0.2, 0.25) is 0 Å². The SMILES string of the molecule is COC(=O)c1cc(OC)c(OC)cc1NC(=O)CN(c1cc(OC)ccc1OC)S(=O)(=O)c1ccccc1. The summed E-state index contributed by atoms with van der Waals surface area (Å²) in [6, 6.07) is 14.9. The Morgan fingerprint density at radius 2 is 1.42 bits per heavy atom. The maximum atomic E-state index is 13.7. The van der Waals surface area contributed by atoms with Gasteiger partial charge in [0.05, 0.1) is 57.4 Å². The number of hydrogen-bond donors (Lipinski definition) is 1. The fraction of sp³-hybridized carbons (Fsp3) is 0.231. The molecule has 0 unspecified atom stereocenters. The van der Waals surface area contributed by atoms with Crippen LogP contribution in [0, 0.1) is 0 Å². The van der Waals surface area contributed by atoms with Crippen LogP contribution in [0.25, 0.3) is 0 Å². The molecule has 0 spiro atoms. The number of nitrogens with zero attached hydrogens (tertiary/aromatic N) is 1. The third-order valence-electron chi connectivity index (χ3n) is 5.48. The molecule has 0 atom stereocenters. The zero-order valence-electron chi connectivity index (χ0n) is 21.5. The zero-order valence-corrected chi connectivity index (χ0v) is 22.3. The Morgan fingerprint density at radius 3 is 2.00 bits per heavy atom. The normalized spacial score (nSPS) is 10.8. The molecule has 0 radical (unpaired) electrons. The summed E-state index contributed by atoms with van der Waals surface area (Å²) in [6.07, 6.45) is 0. The Hall–Kier alpha value is -4.45. The van der Waals surface area contributed by atoms with Gasteiger partial charge in [-0.1, -0.05) is 18.2 Å².